The second-order valence-electron chi connectivity index (χ2n) is 6.19. The predicted molar refractivity (Wildman–Crippen MR) is 94.9 cm³/mol. The second kappa shape index (κ2) is 7.55. The average molecular weight is 335 g/mol. The van der Waals surface area contributed by atoms with Crippen LogP contribution < -0.4 is 4.90 Å². The van der Waals surface area contributed by atoms with Crippen molar-refractivity contribution < 1.29 is 9.53 Å². The summed E-state index contributed by atoms with van der Waals surface area (Å²) >= 11 is 1.73. The first-order valence-corrected chi connectivity index (χ1v) is 9.18. The van der Waals surface area contributed by atoms with E-state index in [2.05, 4.69) is 34.1 Å². The maximum absolute atomic E-state index is 12.3. The van der Waals surface area contributed by atoms with Gasteiger partial charge in [-0.2, -0.15) is 0 Å². The molecule has 1 unspecified atom stereocenters. The van der Waals surface area contributed by atoms with Crippen LogP contribution in [0.2, 0.25) is 0 Å². The van der Waals surface area contributed by atoms with E-state index in [1.54, 1.807) is 11.8 Å². The van der Waals surface area contributed by atoms with Gasteiger partial charge in [0.25, 0.3) is 0 Å². The lowest BCUT2D eigenvalue weighted by Gasteiger charge is -2.30. The fourth-order valence-electron chi connectivity index (χ4n) is 2.98. The van der Waals surface area contributed by atoms with E-state index in [1.807, 2.05) is 19.0 Å². The van der Waals surface area contributed by atoms with Gasteiger partial charge in [-0.1, -0.05) is 12.1 Å². The SMILES string of the molecule is CN(C)c1ccc(C2SCC(=O)N2CCN2CCOCC2)cc1. The van der Waals surface area contributed by atoms with E-state index >= 15 is 0 Å². The molecule has 0 N–H and O–H groups in total. The molecule has 0 bridgehead atoms. The van der Waals surface area contributed by atoms with Gasteiger partial charge in [0.15, 0.2) is 0 Å². The van der Waals surface area contributed by atoms with Crippen molar-refractivity contribution in [2.24, 2.45) is 0 Å². The minimum atomic E-state index is 0.153. The zero-order chi connectivity index (χ0) is 16.2. The number of rotatable bonds is 5. The number of amides is 1. The Hall–Kier alpha value is -1.24. The van der Waals surface area contributed by atoms with Crippen LogP contribution >= 0.6 is 11.8 Å². The third-order valence-corrected chi connectivity index (χ3v) is 5.68. The summed E-state index contributed by atoms with van der Waals surface area (Å²) in [5, 5.41) is 0.153. The maximum Gasteiger partial charge on any atom is 0.233 e. The van der Waals surface area contributed by atoms with Crippen LogP contribution in [-0.2, 0) is 9.53 Å². The molecule has 3 rings (SSSR count). The highest BCUT2D eigenvalue weighted by Gasteiger charge is 2.32. The van der Waals surface area contributed by atoms with Crippen LogP contribution in [0.1, 0.15) is 10.9 Å². The van der Waals surface area contributed by atoms with Gasteiger partial charge in [-0.05, 0) is 17.7 Å². The highest BCUT2D eigenvalue weighted by molar-refractivity contribution is 8.00. The molecule has 0 aliphatic carbocycles. The first-order chi connectivity index (χ1) is 11.1. The standard InChI is InChI=1S/C17H25N3O2S/c1-18(2)15-5-3-14(4-6-15)17-20(16(21)13-23-17)8-7-19-9-11-22-12-10-19/h3-6,17H,7-13H2,1-2H3. The summed E-state index contributed by atoms with van der Waals surface area (Å²) < 4.78 is 5.38. The number of carbonyl (C=O) groups excluding carboxylic acids is 1. The van der Waals surface area contributed by atoms with Gasteiger partial charge in [0.05, 0.1) is 19.0 Å². The fourth-order valence-corrected chi connectivity index (χ4v) is 4.20. The van der Waals surface area contributed by atoms with Crippen LogP contribution in [0.4, 0.5) is 5.69 Å². The Morgan fingerprint density at radius 1 is 1.17 bits per heavy atom. The van der Waals surface area contributed by atoms with Gasteiger partial charge in [-0.15, -0.1) is 11.8 Å². The monoisotopic (exact) mass is 335 g/mol. The van der Waals surface area contributed by atoms with Crippen LogP contribution in [0.25, 0.3) is 0 Å². The number of anilines is 1. The Morgan fingerprint density at radius 3 is 2.52 bits per heavy atom. The molecule has 6 heteroatoms. The van der Waals surface area contributed by atoms with E-state index in [-0.39, 0.29) is 11.3 Å². The van der Waals surface area contributed by atoms with Crippen molar-refractivity contribution >= 4 is 23.4 Å². The third kappa shape index (κ3) is 4.00. The van der Waals surface area contributed by atoms with Crippen LogP contribution in [0, 0.1) is 0 Å². The second-order valence-corrected chi connectivity index (χ2v) is 7.26. The normalized spacial score (nSPS) is 22.6. The molecule has 0 radical (unpaired) electrons. The summed E-state index contributed by atoms with van der Waals surface area (Å²) in [6, 6.07) is 8.54. The number of ether oxygens (including phenoxy) is 1. The summed E-state index contributed by atoms with van der Waals surface area (Å²) in [5.74, 6) is 0.841. The molecule has 0 spiro atoms. The van der Waals surface area contributed by atoms with Gasteiger partial charge >= 0.3 is 0 Å². The molecule has 0 aromatic heterocycles. The number of carbonyl (C=O) groups is 1. The zero-order valence-electron chi connectivity index (χ0n) is 13.9. The summed E-state index contributed by atoms with van der Waals surface area (Å²) in [6.07, 6.45) is 0. The number of thioether (sulfide) groups is 1. The van der Waals surface area contributed by atoms with E-state index in [4.69, 9.17) is 4.74 Å². The Labute approximate surface area is 142 Å². The van der Waals surface area contributed by atoms with E-state index in [0.717, 1.165) is 39.4 Å². The molecule has 5 nitrogen and oxygen atoms in total. The van der Waals surface area contributed by atoms with E-state index in [0.29, 0.717) is 5.75 Å². The molecular formula is C17H25N3O2S. The summed E-state index contributed by atoms with van der Waals surface area (Å²) in [6.45, 7) is 5.28. The molecule has 2 heterocycles. The van der Waals surface area contributed by atoms with Gasteiger partial charge in [0.1, 0.15) is 5.37 Å². The molecule has 126 valence electrons. The van der Waals surface area contributed by atoms with Crippen molar-refractivity contribution in [3.8, 4) is 0 Å². The topological polar surface area (TPSA) is 36.0 Å². The molecule has 23 heavy (non-hydrogen) atoms. The average Bonchev–Trinajstić information content (AvgIpc) is 2.95. The van der Waals surface area contributed by atoms with Gasteiger partial charge in [0.2, 0.25) is 5.91 Å². The van der Waals surface area contributed by atoms with E-state index < -0.39 is 0 Å². The lowest BCUT2D eigenvalue weighted by molar-refractivity contribution is -0.128. The number of benzene rings is 1. The number of morpholine rings is 1. The van der Waals surface area contributed by atoms with Crippen molar-refractivity contribution in [3.05, 3.63) is 29.8 Å². The van der Waals surface area contributed by atoms with Crippen LogP contribution in [-0.4, -0.2) is 74.9 Å². The maximum atomic E-state index is 12.3. The quantitative estimate of drug-likeness (QED) is 0.818. The van der Waals surface area contributed by atoms with E-state index in [1.165, 1.54) is 11.3 Å². The van der Waals surface area contributed by atoms with Crippen LogP contribution in [0.3, 0.4) is 0 Å². The highest BCUT2D eigenvalue weighted by Crippen LogP contribution is 2.38. The molecule has 0 saturated carbocycles. The first kappa shape index (κ1) is 16.6. The molecule has 1 amide bonds. The smallest absolute Gasteiger partial charge is 0.233 e. The summed E-state index contributed by atoms with van der Waals surface area (Å²) in [7, 11) is 4.08. The Balaban J connectivity index is 1.64. The summed E-state index contributed by atoms with van der Waals surface area (Å²) in [5.41, 5.74) is 2.40. The zero-order valence-corrected chi connectivity index (χ0v) is 14.7. The van der Waals surface area contributed by atoms with Gasteiger partial charge < -0.3 is 14.5 Å². The van der Waals surface area contributed by atoms with Crippen LogP contribution in [0.5, 0.6) is 0 Å². The van der Waals surface area contributed by atoms with Crippen molar-refractivity contribution in [2.45, 2.75) is 5.37 Å². The number of nitrogens with zero attached hydrogens (tertiary/aromatic N) is 3. The van der Waals surface area contributed by atoms with Crippen molar-refractivity contribution in [1.82, 2.24) is 9.80 Å². The van der Waals surface area contributed by atoms with E-state index in [9.17, 15) is 4.79 Å². The predicted octanol–water partition coefficient (Wildman–Crippen LogP) is 1.66. The third-order valence-electron chi connectivity index (χ3n) is 4.42. The summed E-state index contributed by atoms with van der Waals surface area (Å²) in [4.78, 5) is 18.8. The molecule has 1 atom stereocenters. The molecule has 2 saturated heterocycles. The lowest BCUT2D eigenvalue weighted by Crippen LogP contribution is -2.42. The van der Waals surface area contributed by atoms with Crippen molar-refractivity contribution in [2.75, 3.05) is 64.1 Å². The Kier molecular flexibility index (Phi) is 5.46. The van der Waals surface area contributed by atoms with Gasteiger partial charge in [-0.3, -0.25) is 9.69 Å². The molecular weight excluding hydrogens is 310 g/mol. The van der Waals surface area contributed by atoms with Gasteiger partial charge in [0, 0.05) is 46.0 Å². The van der Waals surface area contributed by atoms with Crippen molar-refractivity contribution in [3.63, 3.8) is 0 Å². The first-order valence-electron chi connectivity index (χ1n) is 8.13. The highest BCUT2D eigenvalue weighted by atomic mass is 32.2. The van der Waals surface area contributed by atoms with Crippen molar-refractivity contribution in [1.29, 1.82) is 0 Å². The lowest BCUT2D eigenvalue weighted by atomic mass is 10.2. The Morgan fingerprint density at radius 2 is 1.87 bits per heavy atom. The molecule has 2 aliphatic heterocycles. The molecule has 2 fully saturated rings. The van der Waals surface area contributed by atoms with Gasteiger partial charge in [-0.25, -0.2) is 0 Å². The number of hydrogen-bond acceptors (Lipinski definition) is 5. The Bertz CT molecular complexity index is 529. The fraction of sp³-hybridized carbons (Fsp3) is 0.588. The molecule has 2 aliphatic rings. The minimum Gasteiger partial charge on any atom is -0.379 e. The molecule has 1 aromatic carbocycles. The molecule has 1 aromatic rings. The largest absolute Gasteiger partial charge is 0.379 e. The minimum absolute atomic E-state index is 0.153. The number of hydrogen-bond donors (Lipinski definition) is 0. The van der Waals surface area contributed by atoms with Crippen LogP contribution in [0.15, 0.2) is 24.3 Å².